The van der Waals surface area contributed by atoms with Crippen molar-refractivity contribution in [2.45, 2.75) is 25.5 Å². The Morgan fingerprint density at radius 2 is 1.91 bits per heavy atom. The number of pyridine rings is 1. The van der Waals surface area contributed by atoms with E-state index in [-0.39, 0.29) is 24.0 Å². The van der Waals surface area contributed by atoms with Crippen molar-refractivity contribution in [1.82, 2.24) is 14.9 Å². The summed E-state index contributed by atoms with van der Waals surface area (Å²) in [6, 6.07) is 3.30. The maximum Gasteiger partial charge on any atom is 0.277 e. The fourth-order valence-electron chi connectivity index (χ4n) is 3.94. The lowest BCUT2D eigenvalue weighted by Gasteiger charge is -2.42. The van der Waals surface area contributed by atoms with Gasteiger partial charge in [0, 0.05) is 38.5 Å². The van der Waals surface area contributed by atoms with E-state index in [9.17, 15) is 28.3 Å². The molecular formula is C21H22F2N4O5. The van der Waals surface area contributed by atoms with Crippen LogP contribution in [0.3, 0.4) is 0 Å². The molecule has 170 valence electrons. The van der Waals surface area contributed by atoms with E-state index in [4.69, 9.17) is 4.74 Å². The zero-order valence-corrected chi connectivity index (χ0v) is 17.3. The van der Waals surface area contributed by atoms with Crippen LogP contribution >= 0.6 is 0 Å². The largest absolute Gasteiger partial charge is 0.502 e. The second kappa shape index (κ2) is 8.58. The highest BCUT2D eigenvalue weighted by Crippen LogP contribution is 2.24. The second-order valence-electron chi connectivity index (χ2n) is 7.67. The number of aromatic nitrogens is 1. The molecular weight excluding hydrogens is 426 g/mol. The quantitative estimate of drug-likeness (QED) is 0.721. The van der Waals surface area contributed by atoms with E-state index >= 15 is 0 Å². The molecule has 2 aliphatic rings. The van der Waals surface area contributed by atoms with Gasteiger partial charge in [-0.25, -0.2) is 8.78 Å². The molecule has 2 N–H and O–H groups in total. The van der Waals surface area contributed by atoms with Crippen LogP contribution in [0.1, 0.15) is 39.3 Å². The first-order valence-electron chi connectivity index (χ1n) is 10.1. The summed E-state index contributed by atoms with van der Waals surface area (Å²) >= 11 is 0. The number of amides is 2. The van der Waals surface area contributed by atoms with E-state index in [1.54, 1.807) is 12.1 Å². The van der Waals surface area contributed by atoms with Crippen molar-refractivity contribution < 1.29 is 28.2 Å². The van der Waals surface area contributed by atoms with E-state index in [2.05, 4.69) is 5.32 Å². The Kier molecular flexibility index (Phi) is 5.83. The molecule has 2 amide bonds. The standard InChI is InChI=1S/C21H22F2N4O5/c1-32-12-5-7-25-11-26(8-6-12)27-10-14(18(28)19(29)17(27)21(25)31)20(30)24-9-13-15(22)3-2-4-16(13)23/h2-4,10,12,29H,5-9,11H2,1H3,(H,24,30). The van der Waals surface area contributed by atoms with Crippen molar-refractivity contribution in [1.29, 1.82) is 0 Å². The van der Waals surface area contributed by atoms with Crippen LogP contribution in [-0.4, -0.2) is 59.5 Å². The molecule has 11 heteroatoms. The second-order valence-corrected chi connectivity index (χ2v) is 7.67. The fourth-order valence-corrected chi connectivity index (χ4v) is 3.94. The number of nitrogens with zero attached hydrogens (tertiary/aromatic N) is 3. The minimum Gasteiger partial charge on any atom is -0.502 e. The van der Waals surface area contributed by atoms with Crippen LogP contribution in [0.25, 0.3) is 0 Å². The molecule has 4 rings (SSSR count). The van der Waals surface area contributed by atoms with E-state index < -0.39 is 46.7 Å². The Balaban J connectivity index is 1.66. The Morgan fingerprint density at radius 1 is 1.22 bits per heavy atom. The van der Waals surface area contributed by atoms with Crippen LogP contribution in [0.4, 0.5) is 8.78 Å². The lowest BCUT2D eigenvalue weighted by molar-refractivity contribution is 0.0473. The third-order valence-corrected chi connectivity index (χ3v) is 5.79. The van der Waals surface area contributed by atoms with Crippen LogP contribution in [0, 0.1) is 11.6 Å². The average molecular weight is 448 g/mol. The lowest BCUT2D eigenvalue weighted by atomic mass is 10.1. The highest BCUT2D eigenvalue weighted by Gasteiger charge is 2.35. The predicted molar refractivity (Wildman–Crippen MR) is 109 cm³/mol. The van der Waals surface area contributed by atoms with Crippen molar-refractivity contribution in [3.63, 3.8) is 0 Å². The minimum atomic E-state index is -1.04. The number of carbonyl (C=O) groups is 2. The SMILES string of the molecule is COC1CCN2CN(CC1)n1cc(C(=O)NCc3c(F)cccc3F)c(=O)c(O)c1C2=O. The molecule has 1 fully saturated rings. The third kappa shape index (κ3) is 3.79. The number of nitrogens with one attached hydrogen (secondary N) is 1. The molecule has 1 aromatic carbocycles. The van der Waals surface area contributed by atoms with E-state index in [0.29, 0.717) is 25.9 Å². The summed E-state index contributed by atoms with van der Waals surface area (Å²) in [5.74, 6) is -3.99. The predicted octanol–water partition coefficient (Wildman–Crippen LogP) is 0.922. The molecule has 0 radical (unpaired) electrons. The first-order valence-corrected chi connectivity index (χ1v) is 10.1. The number of hydrogen-bond donors (Lipinski definition) is 2. The Labute approximate surface area is 181 Å². The molecule has 1 saturated heterocycles. The summed E-state index contributed by atoms with van der Waals surface area (Å²) in [5, 5.41) is 14.5. The van der Waals surface area contributed by atoms with Crippen molar-refractivity contribution in [2.24, 2.45) is 0 Å². The Bertz CT molecular complexity index is 1120. The van der Waals surface area contributed by atoms with Gasteiger partial charge in [-0.05, 0) is 25.0 Å². The molecule has 32 heavy (non-hydrogen) atoms. The van der Waals surface area contributed by atoms with Crippen molar-refractivity contribution >= 4 is 11.8 Å². The molecule has 0 spiro atoms. The van der Waals surface area contributed by atoms with Crippen molar-refractivity contribution in [3.8, 4) is 5.75 Å². The summed E-state index contributed by atoms with van der Waals surface area (Å²) in [7, 11) is 1.59. The number of rotatable bonds is 4. The zero-order chi connectivity index (χ0) is 23.0. The van der Waals surface area contributed by atoms with E-state index in [1.165, 1.54) is 21.8 Å². The zero-order valence-electron chi connectivity index (χ0n) is 17.3. The van der Waals surface area contributed by atoms with E-state index in [1.807, 2.05) is 0 Å². The van der Waals surface area contributed by atoms with Gasteiger partial charge in [0.2, 0.25) is 5.43 Å². The normalized spacial score (nSPS) is 18.1. The van der Waals surface area contributed by atoms with Crippen molar-refractivity contribution in [3.05, 3.63) is 63.1 Å². The molecule has 1 atom stereocenters. The van der Waals surface area contributed by atoms with Gasteiger partial charge < -0.3 is 20.1 Å². The number of methoxy groups -OCH3 is 1. The summed E-state index contributed by atoms with van der Waals surface area (Å²) in [4.78, 5) is 39.7. The van der Waals surface area contributed by atoms with Crippen LogP contribution < -0.4 is 15.8 Å². The van der Waals surface area contributed by atoms with Crippen LogP contribution in [0.2, 0.25) is 0 Å². The smallest absolute Gasteiger partial charge is 0.277 e. The molecule has 9 nitrogen and oxygen atoms in total. The topological polar surface area (TPSA) is 104 Å². The number of carbonyl (C=O) groups excluding carboxylic acids is 2. The van der Waals surface area contributed by atoms with Gasteiger partial charge in [-0.15, -0.1) is 0 Å². The molecule has 2 aliphatic heterocycles. The summed E-state index contributed by atoms with van der Waals surface area (Å²) in [6.45, 7) is 0.550. The van der Waals surface area contributed by atoms with Crippen LogP contribution in [0.15, 0.2) is 29.2 Å². The van der Waals surface area contributed by atoms with Gasteiger partial charge in [-0.2, -0.15) is 0 Å². The molecule has 3 heterocycles. The first-order chi connectivity index (χ1) is 15.3. The maximum atomic E-state index is 13.8. The summed E-state index contributed by atoms with van der Waals surface area (Å²) < 4.78 is 34.4. The van der Waals surface area contributed by atoms with Gasteiger partial charge in [-0.1, -0.05) is 6.07 Å². The monoisotopic (exact) mass is 448 g/mol. The van der Waals surface area contributed by atoms with Crippen LogP contribution in [-0.2, 0) is 11.3 Å². The molecule has 0 aliphatic carbocycles. The number of hydrogen-bond acceptors (Lipinski definition) is 6. The number of benzene rings is 1. The van der Waals surface area contributed by atoms with Gasteiger partial charge in [-0.3, -0.25) is 24.1 Å². The summed E-state index contributed by atoms with van der Waals surface area (Å²) in [6.07, 6.45) is 2.36. The fraction of sp³-hybridized carbons (Fsp3) is 0.381. The molecule has 2 bridgehead atoms. The Hall–Kier alpha value is -3.47. The van der Waals surface area contributed by atoms with Gasteiger partial charge in [0.05, 0.1) is 6.10 Å². The molecule has 0 saturated carbocycles. The number of halogens is 2. The lowest BCUT2D eigenvalue weighted by Crippen LogP contribution is -2.56. The van der Waals surface area contributed by atoms with Crippen LogP contribution in [0.5, 0.6) is 5.75 Å². The molecule has 1 aromatic heterocycles. The van der Waals surface area contributed by atoms with Crippen molar-refractivity contribution in [2.75, 3.05) is 31.9 Å². The highest BCUT2D eigenvalue weighted by molar-refractivity contribution is 5.99. The highest BCUT2D eigenvalue weighted by atomic mass is 19.1. The maximum absolute atomic E-state index is 13.8. The molecule has 1 unspecified atom stereocenters. The number of aromatic hydroxyl groups is 1. The summed E-state index contributed by atoms with van der Waals surface area (Å²) in [5.41, 5.74) is -2.07. The number of fused-ring (bicyclic) bond motifs is 4. The van der Waals surface area contributed by atoms with Gasteiger partial charge in [0.1, 0.15) is 23.9 Å². The Morgan fingerprint density at radius 3 is 2.59 bits per heavy atom. The first kappa shape index (κ1) is 21.8. The number of ether oxygens (including phenoxy) is 1. The minimum absolute atomic E-state index is 0.0685. The van der Waals surface area contributed by atoms with Gasteiger partial charge in [0.15, 0.2) is 11.4 Å². The van der Waals surface area contributed by atoms with E-state index in [0.717, 1.165) is 12.1 Å². The van der Waals surface area contributed by atoms with Gasteiger partial charge >= 0.3 is 0 Å². The average Bonchev–Trinajstić information content (AvgIpc) is 2.75. The van der Waals surface area contributed by atoms with Gasteiger partial charge in [0.25, 0.3) is 11.8 Å². The third-order valence-electron chi connectivity index (χ3n) is 5.79. The molecule has 2 aromatic rings.